The molecule has 1 heterocycles. The molecular weight excluding hydrogens is 236 g/mol. The molecule has 112 valence electrons. The van der Waals surface area contributed by atoms with E-state index in [1.807, 2.05) is 0 Å². The van der Waals surface area contributed by atoms with E-state index in [0.717, 1.165) is 12.0 Å². The number of nitrogens with zero attached hydrogens (tertiary/aromatic N) is 1. The maximum absolute atomic E-state index is 9.28. The van der Waals surface area contributed by atoms with E-state index in [9.17, 15) is 5.11 Å². The number of rotatable bonds is 7. The van der Waals surface area contributed by atoms with E-state index in [-0.39, 0.29) is 0 Å². The van der Waals surface area contributed by atoms with Gasteiger partial charge in [-0.25, -0.2) is 0 Å². The second-order valence-electron chi connectivity index (χ2n) is 6.64. The highest BCUT2D eigenvalue weighted by Gasteiger charge is 2.22. The van der Waals surface area contributed by atoms with Crippen molar-refractivity contribution in [2.45, 2.75) is 70.4 Å². The second-order valence-corrected chi connectivity index (χ2v) is 6.64. The molecule has 0 spiro atoms. The lowest BCUT2D eigenvalue weighted by Crippen LogP contribution is -2.35. The van der Waals surface area contributed by atoms with E-state index in [2.05, 4.69) is 17.1 Å². The Hall–Kier alpha value is -0.120. The van der Waals surface area contributed by atoms with Crippen molar-refractivity contribution in [1.82, 2.24) is 10.2 Å². The molecule has 0 radical (unpaired) electrons. The van der Waals surface area contributed by atoms with Crippen LogP contribution in [0.2, 0.25) is 0 Å². The number of aliphatic hydroxyl groups excluding tert-OH is 1. The van der Waals surface area contributed by atoms with Crippen LogP contribution in [0.3, 0.4) is 0 Å². The summed E-state index contributed by atoms with van der Waals surface area (Å²) in [6, 6.07) is 1.23. The normalized spacial score (nSPS) is 32.8. The van der Waals surface area contributed by atoms with E-state index in [1.165, 1.54) is 71.0 Å². The lowest BCUT2D eigenvalue weighted by molar-refractivity contribution is 0.157. The van der Waals surface area contributed by atoms with Crippen molar-refractivity contribution in [3.8, 4) is 0 Å². The van der Waals surface area contributed by atoms with Gasteiger partial charge in [-0.15, -0.1) is 0 Å². The number of hydrogen-bond acceptors (Lipinski definition) is 3. The first-order valence-corrected chi connectivity index (χ1v) is 8.38. The summed E-state index contributed by atoms with van der Waals surface area (Å²) in [4.78, 5) is 2.47. The fraction of sp³-hybridized carbons (Fsp3) is 1.00. The first kappa shape index (κ1) is 15.3. The minimum absolute atomic E-state index is 0.345. The summed E-state index contributed by atoms with van der Waals surface area (Å²) in [5.41, 5.74) is 0. The van der Waals surface area contributed by atoms with Gasteiger partial charge in [-0.3, -0.25) is 4.90 Å². The fourth-order valence-electron chi connectivity index (χ4n) is 3.76. The van der Waals surface area contributed by atoms with Crippen LogP contribution in [0.25, 0.3) is 0 Å². The van der Waals surface area contributed by atoms with Crippen molar-refractivity contribution < 1.29 is 5.11 Å². The molecule has 3 atom stereocenters. The van der Waals surface area contributed by atoms with Crippen molar-refractivity contribution in [3.63, 3.8) is 0 Å². The van der Waals surface area contributed by atoms with Gasteiger partial charge < -0.3 is 10.4 Å². The topological polar surface area (TPSA) is 35.5 Å². The molecule has 2 rings (SSSR count). The Morgan fingerprint density at radius 1 is 1.16 bits per heavy atom. The van der Waals surface area contributed by atoms with Crippen molar-refractivity contribution >= 4 is 0 Å². The summed E-state index contributed by atoms with van der Waals surface area (Å²) in [5, 5.41) is 13.0. The summed E-state index contributed by atoms with van der Waals surface area (Å²) < 4.78 is 0. The number of hydrogen-bond donors (Lipinski definition) is 2. The van der Waals surface area contributed by atoms with E-state index in [1.54, 1.807) is 0 Å². The highest BCUT2D eigenvalue weighted by molar-refractivity contribution is 4.79. The Morgan fingerprint density at radius 2 is 2.05 bits per heavy atom. The van der Waals surface area contributed by atoms with Crippen LogP contribution in [0, 0.1) is 5.92 Å². The number of aliphatic hydroxyl groups is 1. The average Bonchev–Trinajstić information content (AvgIpc) is 2.86. The average molecular weight is 268 g/mol. The van der Waals surface area contributed by atoms with Gasteiger partial charge in [0.25, 0.3) is 0 Å². The number of unbranched alkanes of at least 4 members (excludes halogenated alkanes) is 1. The largest absolute Gasteiger partial charge is 0.395 e. The molecule has 19 heavy (non-hydrogen) atoms. The molecule has 0 bridgehead atoms. The first-order chi connectivity index (χ1) is 9.29. The number of likely N-dealkylation sites (tertiary alicyclic amines) is 1. The van der Waals surface area contributed by atoms with Gasteiger partial charge in [-0.05, 0) is 64.1 Å². The number of nitrogens with one attached hydrogen (secondary N) is 1. The van der Waals surface area contributed by atoms with Crippen LogP contribution in [0.1, 0.15) is 58.3 Å². The fourth-order valence-corrected chi connectivity index (χ4v) is 3.76. The van der Waals surface area contributed by atoms with E-state index < -0.39 is 0 Å². The summed E-state index contributed by atoms with van der Waals surface area (Å²) >= 11 is 0. The predicted molar refractivity (Wildman–Crippen MR) is 80.3 cm³/mol. The van der Waals surface area contributed by atoms with Crippen LogP contribution in [0.4, 0.5) is 0 Å². The van der Waals surface area contributed by atoms with Gasteiger partial charge in [0.2, 0.25) is 0 Å². The second kappa shape index (κ2) is 8.23. The Balaban J connectivity index is 1.50. The smallest absolute Gasteiger partial charge is 0.0586 e. The van der Waals surface area contributed by atoms with Crippen molar-refractivity contribution in [3.05, 3.63) is 0 Å². The van der Waals surface area contributed by atoms with Gasteiger partial charge in [-0.1, -0.05) is 19.8 Å². The highest BCUT2D eigenvalue weighted by Crippen LogP contribution is 2.23. The van der Waals surface area contributed by atoms with Gasteiger partial charge in [0.15, 0.2) is 0 Å². The zero-order valence-electron chi connectivity index (χ0n) is 12.6. The summed E-state index contributed by atoms with van der Waals surface area (Å²) in [5.74, 6) is 0.918. The third-order valence-corrected chi connectivity index (χ3v) is 4.95. The molecule has 0 aromatic carbocycles. The molecule has 3 heteroatoms. The van der Waals surface area contributed by atoms with Crippen LogP contribution >= 0.6 is 0 Å². The molecule has 0 amide bonds. The van der Waals surface area contributed by atoms with E-state index in [4.69, 9.17) is 0 Å². The molecule has 2 aliphatic rings. The standard InChI is InChI=1S/C16H32N2O/c1-14-6-4-7-15(12-14)17-9-2-3-10-18-11-5-8-16(18)13-19/h14-17,19H,2-13H2,1H3. The van der Waals surface area contributed by atoms with E-state index >= 15 is 0 Å². The SMILES string of the molecule is CC1CCCC(NCCCCN2CCCC2CO)C1. The first-order valence-electron chi connectivity index (χ1n) is 8.38. The zero-order chi connectivity index (χ0) is 13.5. The molecule has 1 aliphatic carbocycles. The predicted octanol–water partition coefficient (Wildman–Crippen LogP) is 2.39. The summed E-state index contributed by atoms with van der Waals surface area (Å²) in [7, 11) is 0. The molecule has 3 nitrogen and oxygen atoms in total. The van der Waals surface area contributed by atoms with Gasteiger partial charge in [0.05, 0.1) is 6.61 Å². The molecule has 0 aromatic heterocycles. The molecule has 2 N–H and O–H groups in total. The molecule has 1 aliphatic heterocycles. The molecule has 0 aromatic rings. The van der Waals surface area contributed by atoms with E-state index in [0.29, 0.717) is 12.6 Å². The lowest BCUT2D eigenvalue weighted by atomic mass is 9.87. The van der Waals surface area contributed by atoms with Crippen molar-refractivity contribution in [1.29, 1.82) is 0 Å². The van der Waals surface area contributed by atoms with Crippen LogP contribution in [0.5, 0.6) is 0 Å². The van der Waals surface area contributed by atoms with Gasteiger partial charge in [0.1, 0.15) is 0 Å². The monoisotopic (exact) mass is 268 g/mol. The maximum atomic E-state index is 9.28. The Kier molecular flexibility index (Phi) is 6.62. The molecule has 2 fully saturated rings. The summed E-state index contributed by atoms with van der Waals surface area (Å²) in [6.07, 6.45) is 10.6. The maximum Gasteiger partial charge on any atom is 0.0586 e. The minimum atomic E-state index is 0.345. The quantitative estimate of drug-likeness (QED) is 0.696. The van der Waals surface area contributed by atoms with Crippen molar-refractivity contribution in [2.24, 2.45) is 5.92 Å². The lowest BCUT2D eigenvalue weighted by Gasteiger charge is -2.28. The molecule has 3 unspecified atom stereocenters. The Morgan fingerprint density at radius 3 is 2.84 bits per heavy atom. The highest BCUT2D eigenvalue weighted by atomic mass is 16.3. The Bertz CT molecular complexity index is 247. The van der Waals surface area contributed by atoms with Crippen LogP contribution in [-0.2, 0) is 0 Å². The van der Waals surface area contributed by atoms with Crippen LogP contribution in [-0.4, -0.2) is 48.3 Å². The minimum Gasteiger partial charge on any atom is -0.395 e. The zero-order valence-corrected chi connectivity index (χ0v) is 12.6. The van der Waals surface area contributed by atoms with Gasteiger partial charge in [-0.2, -0.15) is 0 Å². The molecule has 1 saturated carbocycles. The van der Waals surface area contributed by atoms with Gasteiger partial charge in [0, 0.05) is 12.1 Å². The van der Waals surface area contributed by atoms with Crippen molar-refractivity contribution in [2.75, 3.05) is 26.2 Å². The van der Waals surface area contributed by atoms with Crippen LogP contribution < -0.4 is 5.32 Å². The Labute approximate surface area is 118 Å². The third kappa shape index (κ3) is 5.05. The van der Waals surface area contributed by atoms with Gasteiger partial charge >= 0.3 is 0 Å². The summed E-state index contributed by atoms with van der Waals surface area (Å²) in [6.45, 7) is 6.27. The third-order valence-electron chi connectivity index (χ3n) is 4.95. The molecule has 1 saturated heterocycles. The van der Waals surface area contributed by atoms with Crippen LogP contribution in [0.15, 0.2) is 0 Å². The molecular formula is C16H32N2O.